The molecule has 28 heavy (non-hydrogen) atoms. The van der Waals surface area contributed by atoms with Crippen LogP contribution in [0.3, 0.4) is 0 Å². The summed E-state index contributed by atoms with van der Waals surface area (Å²) in [6, 6.07) is 8.41. The molecule has 1 heterocycles. The zero-order valence-electron chi connectivity index (χ0n) is 16.7. The van der Waals surface area contributed by atoms with Gasteiger partial charge in [-0.3, -0.25) is 9.59 Å². The van der Waals surface area contributed by atoms with Crippen molar-refractivity contribution in [3.05, 3.63) is 53.3 Å². The van der Waals surface area contributed by atoms with Crippen LogP contribution in [0.4, 0.5) is 0 Å². The van der Waals surface area contributed by atoms with Crippen LogP contribution >= 0.6 is 0 Å². The number of Topliss-reactive ketones (excluding diaryl/α,β-unsaturated/α-hetero) is 1. The molecule has 1 aromatic carbocycles. The van der Waals surface area contributed by atoms with E-state index in [1.165, 1.54) is 12.1 Å². The maximum atomic E-state index is 12.5. The van der Waals surface area contributed by atoms with Crippen LogP contribution in [0.5, 0.6) is 0 Å². The number of carbonyl (C=O) groups is 2. The van der Waals surface area contributed by atoms with Crippen LogP contribution in [0.1, 0.15) is 35.6 Å². The van der Waals surface area contributed by atoms with Crippen LogP contribution in [-0.4, -0.2) is 37.4 Å². The standard InChI is InChI=1S/C20H26N2O5S/c1-13(2)19(21-28(25,26)16-9-7-6-8-10-16)20(24)27-12-18(23)17-11-14(3)22(5)15(17)4/h6-11,13,19,21H,12H2,1-5H3. The molecule has 7 nitrogen and oxygen atoms in total. The molecular weight excluding hydrogens is 380 g/mol. The molecule has 0 fully saturated rings. The number of aromatic nitrogens is 1. The lowest BCUT2D eigenvalue weighted by atomic mass is 10.1. The van der Waals surface area contributed by atoms with E-state index in [1.54, 1.807) is 38.1 Å². The number of nitrogens with one attached hydrogen (secondary N) is 1. The lowest BCUT2D eigenvalue weighted by Crippen LogP contribution is -2.45. The van der Waals surface area contributed by atoms with Crippen molar-refractivity contribution in [2.45, 2.75) is 38.6 Å². The molecule has 0 aliphatic carbocycles. The Bertz CT molecular complexity index is 962. The number of hydrogen-bond acceptors (Lipinski definition) is 5. The van der Waals surface area contributed by atoms with Crippen LogP contribution in [0.2, 0.25) is 0 Å². The number of carbonyl (C=O) groups excluding carboxylic acids is 2. The smallest absolute Gasteiger partial charge is 0.324 e. The zero-order valence-corrected chi connectivity index (χ0v) is 17.5. The first kappa shape index (κ1) is 21.8. The summed E-state index contributed by atoms with van der Waals surface area (Å²) in [6.07, 6.45) is 0. The van der Waals surface area contributed by atoms with E-state index < -0.39 is 28.6 Å². The number of ketones is 1. The number of nitrogens with zero attached hydrogens (tertiary/aromatic N) is 1. The quantitative estimate of drug-likeness (QED) is 0.536. The van der Waals surface area contributed by atoms with E-state index in [9.17, 15) is 18.0 Å². The molecule has 0 spiro atoms. The molecule has 1 unspecified atom stereocenters. The summed E-state index contributed by atoms with van der Waals surface area (Å²) in [6.45, 7) is 6.65. The highest BCUT2D eigenvalue weighted by Crippen LogP contribution is 2.15. The maximum Gasteiger partial charge on any atom is 0.324 e. The lowest BCUT2D eigenvalue weighted by Gasteiger charge is -2.20. The lowest BCUT2D eigenvalue weighted by molar-refractivity contribution is -0.145. The normalized spacial score (nSPS) is 12.8. The largest absolute Gasteiger partial charge is 0.456 e. The molecule has 0 aliphatic rings. The van der Waals surface area contributed by atoms with Crippen molar-refractivity contribution >= 4 is 21.8 Å². The van der Waals surface area contributed by atoms with E-state index in [-0.39, 0.29) is 16.6 Å². The fourth-order valence-electron chi connectivity index (χ4n) is 2.73. The SMILES string of the molecule is Cc1cc(C(=O)COC(=O)C(NS(=O)(=O)c2ccccc2)C(C)C)c(C)n1C. The van der Waals surface area contributed by atoms with Gasteiger partial charge in [-0.1, -0.05) is 32.0 Å². The van der Waals surface area contributed by atoms with Gasteiger partial charge in [-0.05, 0) is 38.0 Å². The number of hydrogen-bond donors (Lipinski definition) is 1. The highest BCUT2D eigenvalue weighted by atomic mass is 32.2. The summed E-state index contributed by atoms with van der Waals surface area (Å²) in [7, 11) is -2.04. The highest BCUT2D eigenvalue weighted by molar-refractivity contribution is 7.89. The van der Waals surface area contributed by atoms with Crippen LogP contribution in [0, 0.1) is 19.8 Å². The first-order valence-corrected chi connectivity index (χ1v) is 10.4. The Morgan fingerprint density at radius 2 is 1.75 bits per heavy atom. The molecule has 0 saturated carbocycles. The van der Waals surface area contributed by atoms with Crippen molar-refractivity contribution in [1.82, 2.24) is 9.29 Å². The summed E-state index contributed by atoms with van der Waals surface area (Å²) >= 11 is 0. The molecule has 0 amide bonds. The maximum absolute atomic E-state index is 12.5. The second-order valence-electron chi connectivity index (χ2n) is 7.03. The predicted molar refractivity (Wildman–Crippen MR) is 106 cm³/mol. The van der Waals surface area contributed by atoms with Crippen molar-refractivity contribution in [3.63, 3.8) is 0 Å². The minimum absolute atomic E-state index is 0.0555. The van der Waals surface area contributed by atoms with Crippen molar-refractivity contribution in [3.8, 4) is 0 Å². The van der Waals surface area contributed by atoms with Crippen molar-refractivity contribution < 1.29 is 22.7 Å². The van der Waals surface area contributed by atoms with Crippen molar-refractivity contribution in [2.24, 2.45) is 13.0 Å². The number of rotatable bonds is 8. The third kappa shape index (κ3) is 4.88. The van der Waals surface area contributed by atoms with Gasteiger partial charge in [0.25, 0.3) is 0 Å². The first-order valence-electron chi connectivity index (χ1n) is 8.94. The summed E-state index contributed by atoms with van der Waals surface area (Å²) in [5, 5.41) is 0. The summed E-state index contributed by atoms with van der Waals surface area (Å²) in [4.78, 5) is 24.9. The Kier molecular flexibility index (Phi) is 6.79. The molecule has 1 atom stereocenters. The minimum atomic E-state index is -3.89. The van der Waals surface area contributed by atoms with Crippen LogP contribution in [0.15, 0.2) is 41.3 Å². The Morgan fingerprint density at radius 3 is 2.25 bits per heavy atom. The monoisotopic (exact) mass is 406 g/mol. The third-order valence-corrected chi connectivity index (χ3v) is 6.13. The van der Waals surface area contributed by atoms with Gasteiger partial charge in [0.05, 0.1) is 4.90 Å². The third-order valence-electron chi connectivity index (χ3n) is 4.68. The van der Waals surface area contributed by atoms with Gasteiger partial charge in [0, 0.05) is 24.0 Å². The first-order chi connectivity index (χ1) is 13.0. The molecule has 1 aromatic heterocycles. The van der Waals surface area contributed by atoms with Crippen molar-refractivity contribution in [2.75, 3.05) is 6.61 Å². The molecular formula is C20H26N2O5S. The zero-order chi connectivity index (χ0) is 21.1. The minimum Gasteiger partial charge on any atom is -0.456 e. The number of esters is 1. The fraction of sp³-hybridized carbons (Fsp3) is 0.400. The highest BCUT2D eigenvalue weighted by Gasteiger charge is 2.30. The van der Waals surface area contributed by atoms with E-state index in [4.69, 9.17) is 4.74 Å². The van der Waals surface area contributed by atoms with E-state index in [1.807, 2.05) is 25.5 Å². The van der Waals surface area contributed by atoms with E-state index in [0.717, 1.165) is 11.4 Å². The second kappa shape index (κ2) is 8.70. The molecule has 152 valence electrons. The summed E-state index contributed by atoms with van der Waals surface area (Å²) < 4.78 is 34.4. The van der Waals surface area contributed by atoms with Crippen LogP contribution < -0.4 is 4.72 Å². The summed E-state index contributed by atoms with van der Waals surface area (Å²) in [5.74, 6) is -1.47. The van der Waals surface area contributed by atoms with Gasteiger partial charge in [0.15, 0.2) is 6.61 Å². The summed E-state index contributed by atoms with van der Waals surface area (Å²) in [5.41, 5.74) is 2.19. The molecule has 0 radical (unpaired) electrons. The number of benzene rings is 1. The van der Waals surface area contributed by atoms with E-state index in [2.05, 4.69) is 4.72 Å². The van der Waals surface area contributed by atoms with Gasteiger partial charge in [0.1, 0.15) is 6.04 Å². The number of ether oxygens (including phenoxy) is 1. The van der Waals surface area contributed by atoms with Gasteiger partial charge in [0.2, 0.25) is 15.8 Å². The van der Waals surface area contributed by atoms with Crippen molar-refractivity contribution in [1.29, 1.82) is 0 Å². The number of sulfonamides is 1. The molecule has 2 aromatic rings. The fourth-order valence-corrected chi connectivity index (χ4v) is 4.09. The predicted octanol–water partition coefficient (Wildman–Crippen LogP) is 2.37. The molecule has 2 rings (SSSR count). The van der Waals surface area contributed by atoms with Gasteiger partial charge >= 0.3 is 5.97 Å². The molecule has 0 saturated heterocycles. The topological polar surface area (TPSA) is 94.5 Å². The Hall–Kier alpha value is -2.45. The van der Waals surface area contributed by atoms with Crippen LogP contribution in [0.25, 0.3) is 0 Å². The average Bonchev–Trinajstić information content (AvgIpc) is 2.92. The van der Waals surface area contributed by atoms with Gasteiger partial charge in [-0.25, -0.2) is 8.42 Å². The molecule has 0 bridgehead atoms. The Labute approximate surface area is 165 Å². The average molecular weight is 407 g/mol. The van der Waals surface area contributed by atoms with E-state index in [0.29, 0.717) is 5.56 Å². The molecule has 8 heteroatoms. The number of aryl methyl sites for hydroxylation is 1. The Balaban J connectivity index is 2.09. The van der Waals surface area contributed by atoms with Gasteiger partial charge in [-0.15, -0.1) is 0 Å². The van der Waals surface area contributed by atoms with Gasteiger partial charge in [-0.2, -0.15) is 4.72 Å². The Morgan fingerprint density at radius 1 is 1.14 bits per heavy atom. The second-order valence-corrected chi connectivity index (χ2v) is 8.74. The molecule has 0 aliphatic heterocycles. The van der Waals surface area contributed by atoms with Gasteiger partial charge < -0.3 is 9.30 Å². The molecule has 1 N–H and O–H groups in total. The van der Waals surface area contributed by atoms with Crippen LogP contribution in [-0.2, 0) is 26.6 Å². The van der Waals surface area contributed by atoms with E-state index >= 15 is 0 Å².